The predicted octanol–water partition coefficient (Wildman–Crippen LogP) is 2.19. The van der Waals surface area contributed by atoms with Crippen LogP contribution in [0.3, 0.4) is 0 Å². The van der Waals surface area contributed by atoms with Gasteiger partial charge >= 0.3 is 0 Å². The number of benzene rings is 1. The molecule has 2 N–H and O–H groups in total. The van der Waals surface area contributed by atoms with Crippen LogP contribution in [0.15, 0.2) is 35.3 Å². The molecule has 0 aliphatic rings. The normalized spacial score (nSPS) is 13.2. The average Bonchev–Trinajstić information content (AvgIpc) is 2.37. The summed E-state index contributed by atoms with van der Waals surface area (Å²) in [5.74, 6) is 0.882. The van der Waals surface area contributed by atoms with E-state index in [9.17, 15) is 0 Å². The van der Waals surface area contributed by atoms with E-state index < -0.39 is 0 Å². The van der Waals surface area contributed by atoms with Gasteiger partial charge in [-0.1, -0.05) is 30.3 Å². The summed E-state index contributed by atoms with van der Waals surface area (Å²) in [5.41, 5.74) is 1.39. The zero-order chi connectivity index (χ0) is 12.5. The maximum absolute atomic E-state index is 4.17. The molecule has 0 aliphatic carbocycles. The van der Waals surface area contributed by atoms with Gasteiger partial charge in [0.2, 0.25) is 0 Å². The molecule has 1 unspecified atom stereocenters. The highest BCUT2D eigenvalue weighted by atomic mass is 15.2. The molecule has 0 amide bonds. The second-order valence-electron chi connectivity index (χ2n) is 4.17. The van der Waals surface area contributed by atoms with Crippen LogP contribution in [0.4, 0.5) is 0 Å². The molecule has 0 fully saturated rings. The number of aliphatic imine (C=N–C) groups is 1. The summed E-state index contributed by atoms with van der Waals surface area (Å²) >= 11 is 0. The minimum Gasteiger partial charge on any atom is -0.357 e. The molecule has 1 rings (SSSR count). The van der Waals surface area contributed by atoms with Crippen molar-refractivity contribution in [1.82, 2.24) is 10.6 Å². The third kappa shape index (κ3) is 5.38. The number of hydrogen-bond acceptors (Lipinski definition) is 1. The fraction of sp³-hybridized carbons (Fsp3) is 0.500. The summed E-state index contributed by atoms with van der Waals surface area (Å²) in [7, 11) is 1.80. The van der Waals surface area contributed by atoms with Gasteiger partial charge in [0.25, 0.3) is 0 Å². The highest BCUT2D eigenvalue weighted by Gasteiger charge is 2.04. The Morgan fingerprint density at radius 1 is 1.29 bits per heavy atom. The molecule has 0 radical (unpaired) electrons. The van der Waals surface area contributed by atoms with Crippen LogP contribution in [0.1, 0.15) is 25.8 Å². The molecule has 0 aliphatic heterocycles. The molecule has 0 spiro atoms. The van der Waals surface area contributed by atoms with E-state index in [0.717, 1.165) is 25.3 Å². The molecule has 0 aromatic heterocycles. The number of guanidine groups is 1. The monoisotopic (exact) mass is 233 g/mol. The minimum absolute atomic E-state index is 0.424. The topological polar surface area (TPSA) is 36.4 Å². The number of aryl methyl sites for hydroxylation is 1. The Morgan fingerprint density at radius 2 is 2.00 bits per heavy atom. The highest BCUT2D eigenvalue weighted by Crippen LogP contribution is 2.04. The molecule has 1 atom stereocenters. The van der Waals surface area contributed by atoms with Gasteiger partial charge in [-0.3, -0.25) is 4.99 Å². The fourth-order valence-corrected chi connectivity index (χ4v) is 1.70. The molecule has 94 valence electrons. The molecule has 0 heterocycles. The third-order valence-electron chi connectivity index (χ3n) is 2.66. The van der Waals surface area contributed by atoms with Crippen molar-refractivity contribution in [2.45, 2.75) is 32.7 Å². The number of nitrogens with one attached hydrogen (secondary N) is 2. The Bertz CT molecular complexity index is 333. The van der Waals surface area contributed by atoms with Crippen molar-refractivity contribution in [2.75, 3.05) is 13.6 Å². The molecule has 17 heavy (non-hydrogen) atoms. The smallest absolute Gasteiger partial charge is 0.191 e. The third-order valence-corrected chi connectivity index (χ3v) is 2.66. The van der Waals surface area contributed by atoms with Crippen molar-refractivity contribution in [3.8, 4) is 0 Å². The SMILES string of the molecule is CCNC(=NC)NC(C)CCc1ccccc1. The molecule has 1 aromatic rings. The van der Waals surface area contributed by atoms with Gasteiger partial charge in [-0.2, -0.15) is 0 Å². The van der Waals surface area contributed by atoms with Crippen LogP contribution in [0.5, 0.6) is 0 Å². The van der Waals surface area contributed by atoms with Crippen LogP contribution in [-0.4, -0.2) is 25.6 Å². The standard InChI is InChI=1S/C14H23N3/c1-4-16-14(15-3)17-12(2)10-11-13-8-6-5-7-9-13/h5-9,12H,4,10-11H2,1-3H3,(H2,15,16,17). The predicted molar refractivity (Wildman–Crippen MR) is 74.4 cm³/mol. The molecule has 0 bridgehead atoms. The van der Waals surface area contributed by atoms with Crippen molar-refractivity contribution < 1.29 is 0 Å². The molecule has 0 saturated heterocycles. The van der Waals surface area contributed by atoms with E-state index in [2.05, 4.69) is 59.8 Å². The van der Waals surface area contributed by atoms with Crippen LogP contribution >= 0.6 is 0 Å². The second-order valence-corrected chi connectivity index (χ2v) is 4.17. The summed E-state index contributed by atoms with van der Waals surface area (Å²) in [6, 6.07) is 11.0. The van der Waals surface area contributed by atoms with Crippen LogP contribution in [-0.2, 0) is 6.42 Å². The first kappa shape index (κ1) is 13.6. The van der Waals surface area contributed by atoms with E-state index in [1.54, 1.807) is 7.05 Å². The van der Waals surface area contributed by atoms with Crippen molar-refractivity contribution in [2.24, 2.45) is 4.99 Å². The molecule has 3 heteroatoms. The Labute approximate surface area is 104 Å². The van der Waals surface area contributed by atoms with Crippen LogP contribution in [0.2, 0.25) is 0 Å². The van der Waals surface area contributed by atoms with Crippen LogP contribution < -0.4 is 10.6 Å². The lowest BCUT2D eigenvalue weighted by Gasteiger charge is -2.17. The Morgan fingerprint density at radius 3 is 2.59 bits per heavy atom. The van der Waals surface area contributed by atoms with Gasteiger partial charge in [0.05, 0.1) is 0 Å². The van der Waals surface area contributed by atoms with Crippen molar-refractivity contribution in [3.05, 3.63) is 35.9 Å². The second kappa shape index (κ2) is 7.71. The van der Waals surface area contributed by atoms with Crippen molar-refractivity contribution >= 4 is 5.96 Å². The zero-order valence-electron chi connectivity index (χ0n) is 11.0. The summed E-state index contributed by atoms with van der Waals surface area (Å²) < 4.78 is 0. The number of nitrogens with zero attached hydrogens (tertiary/aromatic N) is 1. The van der Waals surface area contributed by atoms with Gasteiger partial charge in [0, 0.05) is 19.6 Å². The first-order chi connectivity index (χ1) is 8.26. The summed E-state index contributed by atoms with van der Waals surface area (Å²) in [6.07, 6.45) is 2.20. The molecular weight excluding hydrogens is 210 g/mol. The summed E-state index contributed by atoms with van der Waals surface area (Å²) in [6.45, 7) is 5.15. The summed E-state index contributed by atoms with van der Waals surface area (Å²) in [5, 5.41) is 6.58. The first-order valence-corrected chi connectivity index (χ1v) is 6.27. The van der Waals surface area contributed by atoms with E-state index in [-0.39, 0.29) is 0 Å². The number of hydrogen-bond donors (Lipinski definition) is 2. The van der Waals surface area contributed by atoms with Gasteiger partial charge in [-0.15, -0.1) is 0 Å². The maximum Gasteiger partial charge on any atom is 0.191 e. The van der Waals surface area contributed by atoms with Crippen molar-refractivity contribution in [3.63, 3.8) is 0 Å². The van der Waals surface area contributed by atoms with Gasteiger partial charge in [0.15, 0.2) is 5.96 Å². The lowest BCUT2D eigenvalue weighted by Crippen LogP contribution is -2.42. The summed E-state index contributed by atoms with van der Waals surface area (Å²) in [4.78, 5) is 4.17. The van der Waals surface area contributed by atoms with Gasteiger partial charge in [-0.05, 0) is 32.3 Å². The van der Waals surface area contributed by atoms with E-state index in [1.807, 2.05) is 0 Å². The highest BCUT2D eigenvalue weighted by molar-refractivity contribution is 5.79. The van der Waals surface area contributed by atoms with E-state index in [1.165, 1.54) is 5.56 Å². The van der Waals surface area contributed by atoms with E-state index in [0.29, 0.717) is 6.04 Å². The Balaban J connectivity index is 2.32. The van der Waals surface area contributed by atoms with E-state index in [4.69, 9.17) is 0 Å². The molecule has 0 saturated carbocycles. The van der Waals surface area contributed by atoms with Crippen LogP contribution in [0, 0.1) is 0 Å². The molecular formula is C14H23N3. The quantitative estimate of drug-likeness (QED) is 0.604. The van der Waals surface area contributed by atoms with Crippen LogP contribution in [0.25, 0.3) is 0 Å². The maximum atomic E-state index is 4.17. The van der Waals surface area contributed by atoms with Gasteiger partial charge in [-0.25, -0.2) is 0 Å². The fourth-order valence-electron chi connectivity index (χ4n) is 1.70. The van der Waals surface area contributed by atoms with E-state index >= 15 is 0 Å². The zero-order valence-corrected chi connectivity index (χ0v) is 11.0. The number of rotatable bonds is 5. The largest absolute Gasteiger partial charge is 0.357 e. The van der Waals surface area contributed by atoms with Crippen molar-refractivity contribution in [1.29, 1.82) is 0 Å². The van der Waals surface area contributed by atoms with Gasteiger partial charge < -0.3 is 10.6 Å². The minimum atomic E-state index is 0.424. The average molecular weight is 233 g/mol. The molecule has 1 aromatic carbocycles. The Hall–Kier alpha value is -1.51. The lowest BCUT2D eigenvalue weighted by atomic mass is 10.1. The van der Waals surface area contributed by atoms with Gasteiger partial charge in [0.1, 0.15) is 0 Å². The lowest BCUT2D eigenvalue weighted by molar-refractivity contribution is 0.595. The Kier molecular flexibility index (Phi) is 6.15. The first-order valence-electron chi connectivity index (χ1n) is 6.27. The molecule has 3 nitrogen and oxygen atoms in total.